The lowest BCUT2D eigenvalue weighted by Crippen LogP contribution is -2.60. The molecule has 2 nitrogen and oxygen atoms in total. The molecule has 0 radical (unpaired) electrons. The Kier molecular flexibility index (Phi) is 2.71. The van der Waals surface area contributed by atoms with Crippen LogP contribution in [0.1, 0.15) is 37.7 Å². The molecule has 4 saturated carbocycles. The number of hydrogen-bond donors (Lipinski definition) is 2. The predicted molar refractivity (Wildman–Crippen MR) is 75.6 cm³/mol. The van der Waals surface area contributed by atoms with Crippen molar-refractivity contribution in [1.82, 2.24) is 5.32 Å². The molecule has 1 aromatic carbocycles. The summed E-state index contributed by atoms with van der Waals surface area (Å²) in [5.41, 5.74) is 1.07. The van der Waals surface area contributed by atoms with Gasteiger partial charge in [-0.2, -0.15) is 0 Å². The van der Waals surface area contributed by atoms with Crippen molar-refractivity contribution >= 4 is 0 Å². The quantitative estimate of drug-likeness (QED) is 0.872. The van der Waals surface area contributed by atoms with E-state index in [2.05, 4.69) is 35.6 Å². The molecule has 0 aromatic heterocycles. The van der Waals surface area contributed by atoms with Crippen molar-refractivity contribution in [3.05, 3.63) is 35.9 Å². The fourth-order valence-electron chi connectivity index (χ4n) is 5.15. The van der Waals surface area contributed by atoms with Gasteiger partial charge >= 0.3 is 0 Å². The van der Waals surface area contributed by atoms with E-state index in [0.29, 0.717) is 17.9 Å². The molecule has 2 atom stereocenters. The van der Waals surface area contributed by atoms with Crippen LogP contribution < -0.4 is 5.32 Å². The van der Waals surface area contributed by atoms with Crippen LogP contribution >= 0.6 is 0 Å². The van der Waals surface area contributed by atoms with Crippen LogP contribution in [0.4, 0.5) is 0 Å². The molecule has 2 heteroatoms. The van der Waals surface area contributed by atoms with Gasteiger partial charge in [-0.15, -0.1) is 0 Å². The van der Waals surface area contributed by atoms with Gasteiger partial charge in [0.1, 0.15) is 0 Å². The number of aliphatic hydroxyl groups is 1. The predicted octanol–water partition coefficient (Wildman–Crippen LogP) is 2.72. The smallest absolute Gasteiger partial charge is 0.0657 e. The lowest BCUT2D eigenvalue weighted by molar-refractivity contribution is -0.138. The van der Waals surface area contributed by atoms with Crippen molar-refractivity contribution in [1.29, 1.82) is 0 Å². The number of benzene rings is 1. The summed E-state index contributed by atoms with van der Waals surface area (Å²) >= 11 is 0. The van der Waals surface area contributed by atoms with E-state index >= 15 is 0 Å². The Morgan fingerprint density at radius 1 is 1.05 bits per heavy atom. The Balaban J connectivity index is 1.45. The van der Waals surface area contributed by atoms with E-state index in [1.807, 2.05) is 0 Å². The van der Waals surface area contributed by atoms with Crippen molar-refractivity contribution in [2.24, 2.45) is 17.8 Å². The average Bonchev–Trinajstić information content (AvgIpc) is 2.37. The molecule has 0 saturated heterocycles. The van der Waals surface area contributed by atoms with E-state index in [9.17, 15) is 5.11 Å². The minimum absolute atomic E-state index is 0.304. The van der Waals surface area contributed by atoms with Gasteiger partial charge in [0, 0.05) is 12.6 Å². The minimum atomic E-state index is -0.304. The summed E-state index contributed by atoms with van der Waals surface area (Å²) in [7, 11) is 0. The zero-order chi connectivity index (χ0) is 12.9. The SMILES string of the molecule is OC12CC3CC(C1)C(NCc1ccccc1)C(C3)C2. The van der Waals surface area contributed by atoms with E-state index < -0.39 is 0 Å². The molecule has 102 valence electrons. The van der Waals surface area contributed by atoms with Gasteiger partial charge in [0.05, 0.1) is 5.60 Å². The lowest BCUT2D eigenvalue weighted by atomic mass is 9.52. The molecule has 5 rings (SSSR count). The molecule has 4 aliphatic rings. The van der Waals surface area contributed by atoms with Crippen LogP contribution in [0.15, 0.2) is 30.3 Å². The van der Waals surface area contributed by atoms with Crippen LogP contribution in [0.5, 0.6) is 0 Å². The van der Waals surface area contributed by atoms with Gasteiger partial charge in [0.15, 0.2) is 0 Å². The highest BCUT2D eigenvalue weighted by molar-refractivity contribution is 5.15. The van der Waals surface area contributed by atoms with Crippen LogP contribution in [0.2, 0.25) is 0 Å². The Labute approximate surface area is 115 Å². The molecular weight excluding hydrogens is 234 g/mol. The molecule has 1 aromatic rings. The van der Waals surface area contributed by atoms with Crippen molar-refractivity contribution < 1.29 is 5.11 Å². The van der Waals surface area contributed by atoms with Gasteiger partial charge in [-0.3, -0.25) is 0 Å². The van der Waals surface area contributed by atoms with Gasteiger partial charge in [-0.05, 0) is 55.4 Å². The second-order valence-corrected chi connectivity index (χ2v) is 7.09. The third-order valence-corrected chi connectivity index (χ3v) is 5.63. The largest absolute Gasteiger partial charge is 0.390 e. The van der Waals surface area contributed by atoms with Gasteiger partial charge in [0.25, 0.3) is 0 Å². The second-order valence-electron chi connectivity index (χ2n) is 7.09. The lowest BCUT2D eigenvalue weighted by Gasteiger charge is -2.58. The monoisotopic (exact) mass is 257 g/mol. The molecule has 0 spiro atoms. The first kappa shape index (κ1) is 11.9. The van der Waals surface area contributed by atoms with Gasteiger partial charge in [-0.1, -0.05) is 30.3 Å². The Bertz CT molecular complexity index is 442. The second kappa shape index (κ2) is 4.32. The van der Waals surface area contributed by atoms with Crippen LogP contribution in [-0.4, -0.2) is 16.7 Å². The molecule has 2 N–H and O–H groups in total. The summed E-state index contributed by atoms with van der Waals surface area (Å²) in [6.07, 6.45) is 5.82. The normalized spacial score (nSPS) is 43.6. The zero-order valence-electron chi connectivity index (χ0n) is 11.4. The van der Waals surface area contributed by atoms with Gasteiger partial charge in [-0.25, -0.2) is 0 Å². The standard InChI is InChI=1S/C17H23NO/c19-17-8-13-6-14(9-17)16(15(7-13)10-17)18-11-12-4-2-1-3-5-12/h1-5,13-16,18-19H,6-11H2. The Morgan fingerprint density at radius 2 is 1.74 bits per heavy atom. The van der Waals surface area contributed by atoms with Gasteiger partial charge < -0.3 is 10.4 Å². The summed E-state index contributed by atoms with van der Waals surface area (Å²) in [5, 5.41) is 14.4. The molecule has 4 aliphatic carbocycles. The van der Waals surface area contributed by atoms with Gasteiger partial charge in [0.2, 0.25) is 0 Å². The van der Waals surface area contributed by atoms with Crippen molar-refractivity contribution in [3.8, 4) is 0 Å². The molecule has 0 amide bonds. The van der Waals surface area contributed by atoms with E-state index in [0.717, 1.165) is 31.7 Å². The zero-order valence-corrected chi connectivity index (χ0v) is 11.4. The fraction of sp³-hybridized carbons (Fsp3) is 0.647. The number of hydrogen-bond acceptors (Lipinski definition) is 2. The van der Waals surface area contributed by atoms with Crippen molar-refractivity contribution in [3.63, 3.8) is 0 Å². The van der Waals surface area contributed by atoms with E-state index in [1.165, 1.54) is 18.4 Å². The number of rotatable bonds is 3. The molecule has 2 unspecified atom stereocenters. The minimum Gasteiger partial charge on any atom is -0.390 e. The molecule has 19 heavy (non-hydrogen) atoms. The maximum absolute atomic E-state index is 10.6. The molecule has 0 heterocycles. The molecule has 4 bridgehead atoms. The molecular formula is C17H23NO. The van der Waals surface area contributed by atoms with Crippen LogP contribution in [0, 0.1) is 17.8 Å². The number of nitrogens with one attached hydrogen (secondary N) is 1. The fourth-order valence-corrected chi connectivity index (χ4v) is 5.15. The highest BCUT2D eigenvalue weighted by Gasteiger charge is 2.54. The maximum atomic E-state index is 10.6. The van der Waals surface area contributed by atoms with E-state index in [-0.39, 0.29) is 5.60 Å². The van der Waals surface area contributed by atoms with Crippen molar-refractivity contribution in [2.75, 3.05) is 0 Å². The highest BCUT2D eigenvalue weighted by atomic mass is 16.3. The van der Waals surface area contributed by atoms with E-state index in [4.69, 9.17) is 0 Å². The summed E-state index contributed by atoms with van der Waals surface area (Å²) in [5.74, 6) is 2.22. The average molecular weight is 257 g/mol. The third kappa shape index (κ3) is 2.11. The highest BCUT2D eigenvalue weighted by Crippen LogP contribution is 2.55. The van der Waals surface area contributed by atoms with Crippen LogP contribution in [-0.2, 0) is 6.54 Å². The Morgan fingerprint density at radius 3 is 2.37 bits per heavy atom. The summed E-state index contributed by atoms with van der Waals surface area (Å²) in [6.45, 7) is 0.974. The first-order valence-electron chi connectivity index (χ1n) is 7.72. The first-order chi connectivity index (χ1) is 9.22. The topological polar surface area (TPSA) is 32.3 Å². The summed E-state index contributed by atoms with van der Waals surface area (Å²) in [6, 6.07) is 11.3. The van der Waals surface area contributed by atoms with E-state index in [1.54, 1.807) is 0 Å². The first-order valence-corrected chi connectivity index (χ1v) is 7.72. The third-order valence-electron chi connectivity index (χ3n) is 5.63. The molecule has 4 fully saturated rings. The van der Waals surface area contributed by atoms with Crippen LogP contribution in [0.3, 0.4) is 0 Å². The van der Waals surface area contributed by atoms with Crippen LogP contribution in [0.25, 0.3) is 0 Å². The molecule has 0 aliphatic heterocycles. The Hall–Kier alpha value is -0.860. The summed E-state index contributed by atoms with van der Waals surface area (Å²) < 4.78 is 0. The summed E-state index contributed by atoms with van der Waals surface area (Å²) in [4.78, 5) is 0. The van der Waals surface area contributed by atoms with Crippen molar-refractivity contribution in [2.45, 2.75) is 50.3 Å². The maximum Gasteiger partial charge on any atom is 0.0657 e.